The molecule has 84 valence electrons. The highest BCUT2D eigenvalue weighted by molar-refractivity contribution is 7.09. The summed E-state index contributed by atoms with van der Waals surface area (Å²) < 4.78 is 0. The van der Waals surface area contributed by atoms with Crippen LogP contribution in [0.3, 0.4) is 0 Å². The Morgan fingerprint density at radius 2 is 2.06 bits per heavy atom. The number of thiophene rings is 1. The Bertz CT molecular complexity index is 442. The molecule has 1 aromatic carbocycles. The van der Waals surface area contributed by atoms with Crippen molar-refractivity contribution in [1.29, 1.82) is 0 Å². The first-order chi connectivity index (χ1) is 7.81. The van der Waals surface area contributed by atoms with E-state index in [1.807, 2.05) is 30.3 Å². The van der Waals surface area contributed by atoms with E-state index in [9.17, 15) is 0 Å². The highest BCUT2D eigenvalue weighted by Crippen LogP contribution is 2.26. The van der Waals surface area contributed by atoms with Crippen molar-refractivity contribution in [2.45, 2.75) is 12.5 Å². The van der Waals surface area contributed by atoms with Gasteiger partial charge in [-0.05, 0) is 23.1 Å². The molecule has 3 N–H and O–H groups in total. The number of hydrogen-bond acceptors (Lipinski definition) is 3. The molecule has 0 aliphatic carbocycles. The molecule has 0 fully saturated rings. The van der Waals surface area contributed by atoms with E-state index in [0.29, 0.717) is 0 Å². The Morgan fingerprint density at radius 3 is 2.69 bits per heavy atom. The van der Waals surface area contributed by atoms with Crippen molar-refractivity contribution in [3.63, 3.8) is 0 Å². The van der Waals surface area contributed by atoms with Gasteiger partial charge in [-0.25, -0.2) is 0 Å². The lowest BCUT2D eigenvalue weighted by Gasteiger charge is -2.16. The molecule has 0 aliphatic rings. The van der Waals surface area contributed by atoms with Crippen molar-refractivity contribution in [2.24, 2.45) is 5.84 Å². The second-order valence-corrected chi connectivity index (χ2v) is 4.96. The van der Waals surface area contributed by atoms with Gasteiger partial charge in [0.05, 0.1) is 6.04 Å². The van der Waals surface area contributed by atoms with Crippen LogP contribution >= 0.6 is 22.9 Å². The molecular weight excluding hydrogens is 240 g/mol. The van der Waals surface area contributed by atoms with E-state index in [-0.39, 0.29) is 6.04 Å². The molecule has 16 heavy (non-hydrogen) atoms. The normalized spacial score (nSPS) is 12.6. The van der Waals surface area contributed by atoms with Gasteiger partial charge < -0.3 is 0 Å². The lowest BCUT2D eigenvalue weighted by molar-refractivity contribution is 0.556. The molecule has 4 heteroatoms. The van der Waals surface area contributed by atoms with Crippen LogP contribution in [0.2, 0.25) is 5.02 Å². The SMILES string of the molecule is NNC(Cc1cccs1)c1ccccc1Cl. The van der Waals surface area contributed by atoms with Crippen LogP contribution in [-0.4, -0.2) is 0 Å². The van der Waals surface area contributed by atoms with Gasteiger partial charge in [0.1, 0.15) is 0 Å². The third kappa shape index (κ3) is 2.62. The minimum atomic E-state index is 0.0624. The third-order valence-corrected chi connectivity index (χ3v) is 3.71. The summed E-state index contributed by atoms with van der Waals surface area (Å²) in [6.45, 7) is 0. The standard InChI is InChI=1S/C12H13ClN2S/c13-11-6-2-1-5-10(11)12(15-14)8-9-4-3-7-16-9/h1-7,12,15H,8,14H2. The van der Waals surface area contributed by atoms with Crippen molar-refractivity contribution in [1.82, 2.24) is 5.43 Å². The summed E-state index contributed by atoms with van der Waals surface area (Å²) in [5.74, 6) is 5.59. The van der Waals surface area contributed by atoms with Crippen molar-refractivity contribution in [3.05, 3.63) is 57.2 Å². The van der Waals surface area contributed by atoms with Crippen LogP contribution in [0, 0.1) is 0 Å². The molecule has 0 bridgehead atoms. The van der Waals surface area contributed by atoms with Crippen molar-refractivity contribution < 1.29 is 0 Å². The Morgan fingerprint density at radius 1 is 1.25 bits per heavy atom. The summed E-state index contributed by atoms with van der Waals surface area (Å²) in [4.78, 5) is 1.29. The van der Waals surface area contributed by atoms with E-state index < -0.39 is 0 Å². The molecule has 1 heterocycles. The van der Waals surface area contributed by atoms with E-state index in [0.717, 1.165) is 17.0 Å². The van der Waals surface area contributed by atoms with Gasteiger partial charge in [-0.15, -0.1) is 11.3 Å². The Labute approximate surface area is 104 Å². The summed E-state index contributed by atoms with van der Waals surface area (Å²) in [7, 11) is 0. The van der Waals surface area contributed by atoms with Crippen LogP contribution in [0.25, 0.3) is 0 Å². The highest BCUT2D eigenvalue weighted by atomic mass is 35.5. The molecule has 2 nitrogen and oxygen atoms in total. The average molecular weight is 253 g/mol. The Kier molecular flexibility index (Phi) is 3.96. The van der Waals surface area contributed by atoms with E-state index >= 15 is 0 Å². The molecular formula is C12H13ClN2S. The van der Waals surface area contributed by atoms with Gasteiger partial charge in [0.15, 0.2) is 0 Å². The van der Waals surface area contributed by atoms with E-state index in [4.69, 9.17) is 17.4 Å². The molecule has 0 amide bonds. The second kappa shape index (κ2) is 5.46. The molecule has 0 spiro atoms. The van der Waals surface area contributed by atoms with Gasteiger partial charge in [0.25, 0.3) is 0 Å². The molecule has 1 atom stereocenters. The zero-order valence-electron chi connectivity index (χ0n) is 8.69. The molecule has 0 radical (unpaired) electrons. The third-order valence-electron chi connectivity index (χ3n) is 2.47. The van der Waals surface area contributed by atoms with Gasteiger partial charge in [0, 0.05) is 16.3 Å². The summed E-state index contributed by atoms with van der Waals surface area (Å²) in [5, 5.41) is 2.82. The molecule has 1 unspecified atom stereocenters. The van der Waals surface area contributed by atoms with Gasteiger partial charge in [-0.3, -0.25) is 11.3 Å². The Balaban J connectivity index is 2.20. The number of benzene rings is 1. The van der Waals surface area contributed by atoms with Crippen LogP contribution in [0.15, 0.2) is 41.8 Å². The first kappa shape index (κ1) is 11.6. The second-order valence-electron chi connectivity index (χ2n) is 3.52. The summed E-state index contributed by atoms with van der Waals surface area (Å²) >= 11 is 7.87. The van der Waals surface area contributed by atoms with Crippen molar-refractivity contribution >= 4 is 22.9 Å². The van der Waals surface area contributed by atoms with Gasteiger partial charge in [0.2, 0.25) is 0 Å². The molecule has 2 aromatic rings. The molecule has 1 aromatic heterocycles. The lowest BCUT2D eigenvalue weighted by atomic mass is 10.0. The predicted octanol–water partition coefficient (Wildman–Crippen LogP) is 3.15. The lowest BCUT2D eigenvalue weighted by Crippen LogP contribution is -2.29. The topological polar surface area (TPSA) is 38.0 Å². The van der Waals surface area contributed by atoms with Crippen molar-refractivity contribution in [2.75, 3.05) is 0 Å². The van der Waals surface area contributed by atoms with Crippen LogP contribution < -0.4 is 11.3 Å². The maximum Gasteiger partial charge on any atom is 0.0522 e. The zero-order chi connectivity index (χ0) is 11.4. The van der Waals surface area contributed by atoms with Gasteiger partial charge in [-0.2, -0.15) is 0 Å². The number of rotatable bonds is 4. The number of nitrogens with one attached hydrogen (secondary N) is 1. The minimum Gasteiger partial charge on any atom is -0.271 e. The molecule has 0 aliphatic heterocycles. The van der Waals surface area contributed by atoms with Crippen LogP contribution in [-0.2, 0) is 6.42 Å². The first-order valence-electron chi connectivity index (χ1n) is 5.04. The van der Waals surface area contributed by atoms with Crippen LogP contribution in [0.1, 0.15) is 16.5 Å². The van der Waals surface area contributed by atoms with E-state index in [1.54, 1.807) is 11.3 Å². The summed E-state index contributed by atoms with van der Waals surface area (Å²) in [6.07, 6.45) is 0.859. The van der Waals surface area contributed by atoms with Crippen LogP contribution in [0.4, 0.5) is 0 Å². The average Bonchev–Trinajstić information content (AvgIpc) is 2.80. The highest BCUT2D eigenvalue weighted by Gasteiger charge is 2.13. The number of halogens is 1. The largest absolute Gasteiger partial charge is 0.271 e. The number of hydrogen-bond donors (Lipinski definition) is 2. The van der Waals surface area contributed by atoms with Gasteiger partial charge >= 0.3 is 0 Å². The fourth-order valence-corrected chi connectivity index (χ4v) is 2.67. The zero-order valence-corrected chi connectivity index (χ0v) is 10.3. The molecule has 0 saturated carbocycles. The molecule has 2 rings (SSSR count). The monoisotopic (exact) mass is 252 g/mol. The maximum atomic E-state index is 6.15. The molecule has 0 saturated heterocycles. The Hall–Kier alpha value is -0.870. The number of hydrazine groups is 1. The summed E-state index contributed by atoms with van der Waals surface area (Å²) in [6, 6.07) is 12.0. The fraction of sp³-hybridized carbons (Fsp3) is 0.167. The first-order valence-corrected chi connectivity index (χ1v) is 6.30. The quantitative estimate of drug-likeness (QED) is 0.648. The smallest absolute Gasteiger partial charge is 0.0522 e. The van der Waals surface area contributed by atoms with Crippen LogP contribution in [0.5, 0.6) is 0 Å². The maximum absolute atomic E-state index is 6.15. The van der Waals surface area contributed by atoms with E-state index in [2.05, 4.69) is 16.9 Å². The summed E-state index contributed by atoms with van der Waals surface area (Å²) in [5.41, 5.74) is 3.86. The van der Waals surface area contributed by atoms with E-state index in [1.165, 1.54) is 4.88 Å². The minimum absolute atomic E-state index is 0.0624. The van der Waals surface area contributed by atoms with Crippen molar-refractivity contribution in [3.8, 4) is 0 Å². The fourth-order valence-electron chi connectivity index (χ4n) is 1.65. The van der Waals surface area contributed by atoms with Gasteiger partial charge in [-0.1, -0.05) is 35.9 Å². The number of nitrogens with two attached hydrogens (primary N) is 1. The predicted molar refractivity (Wildman–Crippen MR) is 69.5 cm³/mol.